The van der Waals surface area contributed by atoms with Crippen molar-refractivity contribution in [3.63, 3.8) is 0 Å². The lowest BCUT2D eigenvalue weighted by Crippen LogP contribution is -1.85. The summed E-state index contributed by atoms with van der Waals surface area (Å²) < 4.78 is 1.78. The van der Waals surface area contributed by atoms with E-state index in [9.17, 15) is 0 Å². The first kappa shape index (κ1) is 10.9. The standard InChI is InChI=1S/C9H3BrCl2IN/c10-6-3-14-9-5(8(6)12)1-4(11)2-7(9)13/h1-3H. The summed E-state index contributed by atoms with van der Waals surface area (Å²) in [4.78, 5) is 4.28. The normalized spacial score (nSPS) is 10.9. The molecular weight excluding hydrogens is 400 g/mol. The van der Waals surface area contributed by atoms with Crippen LogP contribution in [0.1, 0.15) is 0 Å². The first-order valence-corrected chi connectivity index (χ1v) is 6.31. The number of fused-ring (bicyclic) bond motifs is 1. The van der Waals surface area contributed by atoms with Gasteiger partial charge in [-0.15, -0.1) is 0 Å². The Kier molecular flexibility index (Phi) is 3.21. The fourth-order valence-corrected chi connectivity index (χ4v) is 2.85. The van der Waals surface area contributed by atoms with Gasteiger partial charge in [0.2, 0.25) is 0 Å². The van der Waals surface area contributed by atoms with E-state index in [1.807, 2.05) is 12.1 Å². The minimum atomic E-state index is 0.649. The maximum atomic E-state index is 6.12. The summed E-state index contributed by atoms with van der Waals surface area (Å²) in [7, 11) is 0. The molecule has 0 aliphatic rings. The lowest BCUT2D eigenvalue weighted by Gasteiger charge is -2.04. The van der Waals surface area contributed by atoms with Crippen molar-refractivity contribution in [2.45, 2.75) is 0 Å². The summed E-state index contributed by atoms with van der Waals surface area (Å²) in [5.74, 6) is 0. The van der Waals surface area contributed by atoms with Crippen LogP contribution in [0.4, 0.5) is 0 Å². The molecule has 14 heavy (non-hydrogen) atoms. The van der Waals surface area contributed by atoms with Gasteiger partial charge in [0.1, 0.15) is 0 Å². The van der Waals surface area contributed by atoms with Crippen LogP contribution in [0, 0.1) is 3.57 Å². The molecule has 0 unspecified atom stereocenters. The smallest absolute Gasteiger partial charge is 0.0852 e. The van der Waals surface area contributed by atoms with Gasteiger partial charge < -0.3 is 0 Å². The molecule has 0 aliphatic heterocycles. The molecule has 0 atom stereocenters. The number of benzene rings is 1. The number of rotatable bonds is 0. The Morgan fingerprint density at radius 2 is 2.00 bits per heavy atom. The van der Waals surface area contributed by atoms with Gasteiger partial charge >= 0.3 is 0 Å². The molecule has 0 fully saturated rings. The number of halogens is 4. The fourth-order valence-electron chi connectivity index (χ4n) is 1.17. The third-order valence-corrected chi connectivity index (χ3v) is 4.06. The second-order valence-electron chi connectivity index (χ2n) is 2.70. The van der Waals surface area contributed by atoms with Gasteiger partial charge in [0.15, 0.2) is 0 Å². The molecule has 72 valence electrons. The first-order valence-electron chi connectivity index (χ1n) is 3.68. The Morgan fingerprint density at radius 1 is 1.29 bits per heavy atom. The molecule has 0 radical (unpaired) electrons. The molecule has 1 nitrogen and oxygen atoms in total. The average molecular weight is 403 g/mol. The molecule has 1 aromatic carbocycles. The van der Waals surface area contributed by atoms with Crippen molar-refractivity contribution in [2.75, 3.05) is 0 Å². The summed E-state index contributed by atoms with van der Waals surface area (Å²) in [6, 6.07) is 3.68. The molecule has 0 saturated carbocycles. The van der Waals surface area contributed by atoms with Gasteiger partial charge in [0, 0.05) is 20.2 Å². The number of hydrogen-bond donors (Lipinski definition) is 0. The molecule has 0 aliphatic carbocycles. The van der Waals surface area contributed by atoms with E-state index in [-0.39, 0.29) is 0 Å². The predicted octanol–water partition coefficient (Wildman–Crippen LogP) is 4.91. The molecule has 0 amide bonds. The number of hydrogen-bond acceptors (Lipinski definition) is 1. The van der Waals surface area contributed by atoms with Gasteiger partial charge in [-0.1, -0.05) is 23.2 Å². The zero-order chi connectivity index (χ0) is 10.3. The molecule has 2 rings (SSSR count). The highest BCUT2D eigenvalue weighted by Crippen LogP contribution is 2.33. The van der Waals surface area contributed by atoms with Crippen LogP contribution in [-0.2, 0) is 0 Å². The predicted molar refractivity (Wildman–Crippen MR) is 72.2 cm³/mol. The topological polar surface area (TPSA) is 12.9 Å². The Bertz CT molecular complexity index is 516. The minimum absolute atomic E-state index is 0.649. The number of nitrogens with zero attached hydrogens (tertiary/aromatic N) is 1. The fraction of sp³-hybridized carbons (Fsp3) is 0. The highest BCUT2D eigenvalue weighted by Gasteiger charge is 2.08. The molecule has 5 heteroatoms. The molecule has 0 saturated heterocycles. The molecule has 0 bridgehead atoms. The Balaban J connectivity index is 2.95. The summed E-state index contributed by atoms with van der Waals surface area (Å²) in [5.41, 5.74) is 0.878. The van der Waals surface area contributed by atoms with Crippen molar-refractivity contribution in [3.05, 3.63) is 36.4 Å². The largest absolute Gasteiger partial charge is 0.254 e. The van der Waals surface area contributed by atoms with Gasteiger partial charge in [0.05, 0.1) is 15.0 Å². The van der Waals surface area contributed by atoms with Gasteiger partial charge in [-0.05, 0) is 50.7 Å². The summed E-state index contributed by atoms with van der Waals surface area (Å²) in [6.45, 7) is 0. The van der Waals surface area contributed by atoms with Crippen molar-refractivity contribution in [1.29, 1.82) is 0 Å². The Labute approximate surface area is 113 Å². The van der Waals surface area contributed by atoms with Crippen molar-refractivity contribution >= 4 is 72.6 Å². The molecule has 0 spiro atoms. The second-order valence-corrected chi connectivity index (χ2v) is 5.53. The van der Waals surface area contributed by atoms with Crippen LogP contribution in [0.25, 0.3) is 10.9 Å². The number of aromatic nitrogens is 1. The van der Waals surface area contributed by atoms with Crippen LogP contribution in [0.5, 0.6) is 0 Å². The Morgan fingerprint density at radius 3 is 2.71 bits per heavy atom. The summed E-state index contributed by atoms with van der Waals surface area (Å²) >= 11 is 17.6. The van der Waals surface area contributed by atoms with Crippen molar-refractivity contribution in [2.24, 2.45) is 0 Å². The van der Waals surface area contributed by atoms with Crippen molar-refractivity contribution in [1.82, 2.24) is 4.98 Å². The van der Waals surface area contributed by atoms with Crippen molar-refractivity contribution in [3.8, 4) is 0 Å². The SMILES string of the molecule is Clc1cc(I)c2ncc(Br)c(Cl)c2c1. The van der Waals surface area contributed by atoms with Crippen LogP contribution >= 0.6 is 61.7 Å². The lowest BCUT2D eigenvalue weighted by atomic mass is 10.2. The van der Waals surface area contributed by atoms with Gasteiger partial charge in [-0.3, -0.25) is 4.98 Å². The quantitative estimate of drug-likeness (QED) is 0.571. The molecule has 1 aromatic heterocycles. The van der Waals surface area contributed by atoms with Gasteiger partial charge in [0.25, 0.3) is 0 Å². The van der Waals surface area contributed by atoms with E-state index in [0.29, 0.717) is 10.0 Å². The van der Waals surface area contributed by atoms with Gasteiger partial charge in [-0.25, -0.2) is 0 Å². The van der Waals surface area contributed by atoms with E-state index in [2.05, 4.69) is 43.5 Å². The maximum absolute atomic E-state index is 6.12. The lowest BCUT2D eigenvalue weighted by molar-refractivity contribution is 1.38. The zero-order valence-electron chi connectivity index (χ0n) is 6.69. The Hall–Kier alpha value is 0.420. The van der Waals surface area contributed by atoms with E-state index < -0.39 is 0 Å². The van der Waals surface area contributed by atoms with E-state index in [4.69, 9.17) is 23.2 Å². The van der Waals surface area contributed by atoms with Crippen LogP contribution < -0.4 is 0 Å². The van der Waals surface area contributed by atoms with E-state index in [1.165, 1.54) is 0 Å². The number of pyridine rings is 1. The molecule has 2 aromatic rings. The highest BCUT2D eigenvalue weighted by atomic mass is 127. The van der Waals surface area contributed by atoms with E-state index >= 15 is 0 Å². The van der Waals surface area contributed by atoms with Gasteiger partial charge in [-0.2, -0.15) is 0 Å². The maximum Gasteiger partial charge on any atom is 0.0852 e. The molecular formula is C9H3BrCl2IN. The molecule has 1 heterocycles. The monoisotopic (exact) mass is 401 g/mol. The third kappa shape index (κ3) is 1.87. The second kappa shape index (κ2) is 4.12. The summed E-state index contributed by atoms with van der Waals surface area (Å²) in [5, 5.41) is 2.19. The molecule has 0 N–H and O–H groups in total. The van der Waals surface area contributed by atoms with E-state index in [0.717, 1.165) is 18.9 Å². The first-order chi connectivity index (χ1) is 6.59. The van der Waals surface area contributed by atoms with Crippen LogP contribution in [-0.4, -0.2) is 4.98 Å². The highest BCUT2D eigenvalue weighted by molar-refractivity contribution is 14.1. The zero-order valence-corrected chi connectivity index (χ0v) is 11.9. The minimum Gasteiger partial charge on any atom is -0.254 e. The average Bonchev–Trinajstić information content (AvgIpc) is 2.12. The van der Waals surface area contributed by atoms with Crippen LogP contribution in [0.15, 0.2) is 22.8 Å². The third-order valence-electron chi connectivity index (χ3n) is 1.78. The summed E-state index contributed by atoms with van der Waals surface area (Å²) in [6.07, 6.45) is 1.70. The van der Waals surface area contributed by atoms with Crippen molar-refractivity contribution < 1.29 is 0 Å². The van der Waals surface area contributed by atoms with Crippen LogP contribution in [0.2, 0.25) is 10.0 Å². The van der Waals surface area contributed by atoms with E-state index in [1.54, 1.807) is 6.20 Å². The van der Waals surface area contributed by atoms with Crippen LogP contribution in [0.3, 0.4) is 0 Å².